The molecule has 0 heterocycles. The first-order chi connectivity index (χ1) is 7.15. The predicted octanol–water partition coefficient (Wildman–Crippen LogP) is 1.98. The van der Waals surface area contributed by atoms with E-state index in [1.54, 1.807) is 18.2 Å². The quantitative estimate of drug-likeness (QED) is 0.621. The van der Waals surface area contributed by atoms with Crippen LogP contribution in [-0.4, -0.2) is 19.7 Å². The van der Waals surface area contributed by atoms with E-state index >= 15 is 0 Å². The fraction of sp³-hybridized carbons (Fsp3) is 0.182. The van der Waals surface area contributed by atoms with E-state index in [2.05, 4.69) is 26.6 Å². The van der Waals surface area contributed by atoms with Gasteiger partial charge in [0.15, 0.2) is 6.61 Å². The Labute approximate surface area is 96.5 Å². The zero-order valence-corrected chi connectivity index (χ0v) is 9.71. The molecule has 0 bridgehead atoms. The third-order valence-corrected chi connectivity index (χ3v) is 2.08. The molecule has 0 fully saturated rings. The van der Waals surface area contributed by atoms with Crippen molar-refractivity contribution in [1.29, 1.82) is 0 Å². The second-order valence-corrected chi connectivity index (χ2v) is 3.60. The average molecular weight is 269 g/mol. The molecule has 0 aliphatic heterocycles. The van der Waals surface area contributed by atoms with Crippen molar-refractivity contribution >= 4 is 21.9 Å². The summed E-state index contributed by atoms with van der Waals surface area (Å²) in [5.41, 5.74) is 0.684. The summed E-state index contributed by atoms with van der Waals surface area (Å²) in [6, 6.07) is 5.18. The number of methoxy groups -OCH3 is 1. The van der Waals surface area contributed by atoms with Gasteiger partial charge in [0, 0.05) is 10.0 Å². The van der Waals surface area contributed by atoms with Crippen molar-refractivity contribution in [3.63, 3.8) is 0 Å². The minimum Gasteiger partial charge on any atom is -0.482 e. The fourth-order valence-corrected chi connectivity index (χ4v) is 1.40. The van der Waals surface area contributed by atoms with Crippen LogP contribution >= 0.6 is 15.9 Å². The van der Waals surface area contributed by atoms with Gasteiger partial charge in [0.05, 0.1) is 7.11 Å². The lowest BCUT2D eigenvalue weighted by Crippen LogP contribution is -2.12. The van der Waals surface area contributed by atoms with Gasteiger partial charge in [-0.15, -0.1) is 6.42 Å². The summed E-state index contributed by atoms with van der Waals surface area (Å²) in [5.74, 6) is 2.58. The number of terminal acetylenes is 1. The highest BCUT2D eigenvalue weighted by molar-refractivity contribution is 9.10. The van der Waals surface area contributed by atoms with Crippen LogP contribution in [0.15, 0.2) is 22.7 Å². The molecule has 0 N–H and O–H groups in total. The molecule has 1 aromatic carbocycles. The van der Waals surface area contributed by atoms with E-state index in [1.165, 1.54) is 7.11 Å². The SMILES string of the molecule is C#Cc1cc(Br)cc(OCC(=O)OC)c1. The van der Waals surface area contributed by atoms with E-state index in [0.29, 0.717) is 11.3 Å². The smallest absolute Gasteiger partial charge is 0.343 e. The number of benzene rings is 1. The van der Waals surface area contributed by atoms with E-state index < -0.39 is 5.97 Å². The molecular formula is C11H9BrO3. The van der Waals surface area contributed by atoms with Crippen LogP contribution in [-0.2, 0) is 9.53 Å². The highest BCUT2D eigenvalue weighted by atomic mass is 79.9. The molecule has 1 aromatic rings. The van der Waals surface area contributed by atoms with Gasteiger partial charge in [-0.05, 0) is 18.2 Å². The number of esters is 1. The Hall–Kier alpha value is -1.47. The number of hydrogen-bond acceptors (Lipinski definition) is 3. The average Bonchev–Trinajstić information content (AvgIpc) is 2.25. The maximum Gasteiger partial charge on any atom is 0.343 e. The number of carbonyl (C=O) groups is 1. The minimum absolute atomic E-state index is 0.128. The molecule has 0 unspecified atom stereocenters. The molecule has 0 spiro atoms. The Morgan fingerprint density at radius 1 is 1.53 bits per heavy atom. The van der Waals surface area contributed by atoms with Crippen LogP contribution in [0.25, 0.3) is 0 Å². The molecule has 0 amide bonds. The topological polar surface area (TPSA) is 35.5 Å². The van der Waals surface area contributed by atoms with Crippen LogP contribution in [0.2, 0.25) is 0 Å². The standard InChI is InChI=1S/C11H9BrO3/c1-3-8-4-9(12)6-10(5-8)15-7-11(13)14-2/h1,4-6H,7H2,2H3. The lowest BCUT2D eigenvalue weighted by molar-refractivity contribution is -0.142. The van der Waals surface area contributed by atoms with Gasteiger partial charge in [0.1, 0.15) is 5.75 Å². The number of hydrogen-bond donors (Lipinski definition) is 0. The first kappa shape index (κ1) is 11.6. The summed E-state index contributed by atoms with van der Waals surface area (Å²) >= 11 is 3.29. The summed E-state index contributed by atoms with van der Waals surface area (Å²) in [6.07, 6.45) is 5.25. The monoisotopic (exact) mass is 268 g/mol. The third kappa shape index (κ3) is 3.64. The molecule has 0 saturated heterocycles. The Bertz CT molecular complexity index is 407. The number of ether oxygens (including phenoxy) is 2. The minimum atomic E-state index is -0.433. The van der Waals surface area contributed by atoms with Crippen molar-refractivity contribution in [3.05, 3.63) is 28.2 Å². The van der Waals surface area contributed by atoms with E-state index in [0.717, 1.165) is 4.47 Å². The molecule has 0 aromatic heterocycles. The second-order valence-electron chi connectivity index (χ2n) is 2.68. The lowest BCUT2D eigenvalue weighted by Gasteiger charge is -2.05. The zero-order chi connectivity index (χ0) is 11.3. The number of rotatable bonds is 3. The molecule has 15 heavy (non-hydrogen) atoms. The number of halogens is 1. The van der Waals surface area contributed by atoms with Crippen molar-refractivity contribution < 1.29 is 14.3 Å². The largest absolute Gasteiger partial charge is 0.482 e. The molecule has 1 rings (SSSR count). The van der Waals surface area contributed by atoms with Gasteiger partial charge < -0.3 is 9.47 Å². The van der Waals surface area contributed by atoms with E-state index in [9.17, 15) is 4.79 Å². The van der Waals surface area contributed by atoms with Gasteiger partial charge in [-0.25, -0.2) is 4.79 Å². The number of carbonyl (C=O) groups excluding carboxylic acids is 1. The van der Waals surface area contributed by atoms with Crippen molar-refractivity contribution in [2.75, 3.05) is 13.7 Å². The van der Waals surface area contributed by atoms with Gasteiger partial charge in [0.2, 0.25) is 0 Å². The third-order valence-electron chi connectivity index (χ3n) is 1.62. The second kappa shape index (κ2) is 5.42. The Morgan fingerprint density at radius 3 is 2.87 bits per heavy atom. The lowest BCUT2D eigenvalue weighted by atomic mass is 10.2. The van der Waals surface area contributed by atoms with Crippen LogP contribution in [0.5, 0.6) is 5.75 Å². The van der Waals surface area contributed by atoms with Crippen molar-refractivity contribution in [3.8, 4) is 18.1 Å². The maximum absolute atomic E-state index is 10.8. The highest BCUT2D eigenvalue weighted by Gasteiger charge is 2.03. The molecule has 3 nitrogen and oxygen atoms in total. The normalized spacial score (nSPS) is 9.13. The summed E-state index contributed by atoms with van der Waals surface area (Å²) < 4.78 is 10.4. The summed E-state index contributed by atoms with van der Waals surface area (Å²) in [6.45, 7) is -0.128. The van der Waals surface area contributed by atoms with Crippen molar-refractivity contribution in [1.82, 2.24) is 0 Å². The molecular weight excluding hydrogens is 260 g/mol. The molecule has 0 atom stereocenters. The maximum atomic E-state index is 10.8. The Kier molecular flexibility index (Phi) is 4.19. The van der Waals surface area contributed by atoms with Gasteiger partial charge >= 0.3 is 5.97 Å². The Morgan fingerprint density at radius 2 is 2.27 bits per heavy atom. The molecule has 0 aliphatic carbocycles. The fourth-order valence-electron chi connectivity index (χ4n) is 0.931. The van der Waals surface area contributed by atoms with Gasteiger partial charge in [0.25, 0.3) is 0 Å². The van der Waals surface area contributed by atoms with Crippen LogP contribution in [0.4, 0.5) is 0 Å². The van der Waals surface area contributed by atoms with Crippen LogP contribution in [0.1, 0.15) is 5.56 Å². The summed E-state index contributed by atoms with van der Waals surface area (Å²) in [5, 5.41) is 0. The van der Waals surface area contributed by atoms with Crippen LogP contribution in [0.3, 0.4) is 0 Å². The van der Waals surface area contributed by atoms with Crippen molar-refractivity contribution in [2.45, 2.75) is 0 Å². The van der Waals surface area contributed by atoms with E-state index in [1.807, 2.05) is 0 Å². The van der Waals surface area contributed by atoms with Gasteiger partial charge in [-0.1, -0.05) is 21.9 Å². The van der Waals surface area contributed by atoms with Crippen LogP contribution in [0, 0.1) is 12.3 Å². The van der Waals surface area contributed by atoms with E-state index in [-0.39, 0.29) is 6.61 Å². The Balaban J connectivity index is 2.74. The molecule has 0 radical (unpaired) electrons. The summed E-state index contributed by atoms with van der Waals surface area (Å²) in [4.78, 5) is 10.8. The first-order valence-corrected chi connectivity index (χ1v) is 4.92. The highest BCUT2D eigenvalue weighted by Crippen LogP contribution is 2.20. The first-order valence-electron chi connectivity index (χ1n) is 4.12. The molecule has 78 valence electrons. The molecule has 4 heteroatoms. The zero-order valence-electron chi connectivity index (χ0n) is 8.12. The molecule has 0 saturated carbocycles. The van der Waals surface area contributed by atoms with Gasteiger partial charge in [-0.2, -0.15) is 0 Å². The van der Waals surface area contributed by atoms with Crippen molar-refractivity contribution in [2.24, 2.45) is 0 Å². The summed E-state index contributed by atoms with van der Waals surface area (Å²) in [7, 11) is 1.31. The van der Waals surface area contributed by atoms with Crippen LogP contribution < -0.4 is 4.74 Å². The van der Waals surface area contributed by atoms with E-state index in [4.69, 9.17) is 11.2 Å². The van der Waals surface area contributed by atoms with Gasteiger partial charge in [-0.3, -0.25) is 0 Å². The predicted molar refractivity (Wildman–Crippen MR) is 59.6 cm³/mol. The molecule has 0 aliphatic rings.